The number of amides is 1. The van der Waals surface area contributed by atoms with Crippen LogP contribution in [0.1, 0.15) is 34.0 Å². The lowest BCUT2D eigenvalue weighted by atomic mass is 9.97. The van der Waals surface area contributed by atoms with Crippen LogP contribution in [0.3, 0.4) is 0 Å². The number of likely N-dealkylation sites (tertiary alicyclic amines) is 1. The van der Waals surface area contributed by atoms with Crippen LogP contribution in [0, 0.1) is 19.8 Å². The number of thiazole rings is 1. The predicted molar refractivity (Wildman–Crippen MR) is 76.6 cm³/mol. The first-order chi connectivity index (χ1) is 9.99. The topological polar surface area (TPSA) is 87.8 Å². The van der Waals surface area contributed by atoms with Gasteiger partial charge in [-0.1, -0.05) is 11.3 Å². The highest BCUT2D eigenvalue weighted by molar-refractivity contribution is 7.19. The average Bonchev–Trinajstić information content (AvgIpc) is 2.99. The van der Waals surface area contributed by atoms with Crippen LogP contribution in [0.5, 0.6) is 0 Å². The molecular weight excluding hydrogens is 292 g/mol. The molecule has 1 saturated heterocycles. The molecule has 0 spiro atoms. The zero-order valence-electron chi connectivity index (χ0n) is 11.9. The van der Waals surface area contributed by atoms with Gasteiger partial charge in [0.05, 0.1) is 5.92 Å². The van der Waals surface area contributed by atoms with Gasteiger partial charge in [-0.15, -0.1) is 10.2 Å². The Balaban J connectivity index is 1.81. The van der Waals surface area contributed by atoms with Gasteiger partial charge >= 0.3 is 5.97 Å². The number of aryl methyl sites for hydroxylation is 2. The minimum absolute atomic E-state index is 0.0359. The molecule has 112 valence electrons. The molecule has 7 nitrogen and oxygen atoms in total. The number of hydrogen-bond acceptors (Lipinski definition) is 5. The molecule has 0 bridgehead atoms. The Morgan fingerprint density at radius 3 is 2.48 bits per heavy atom. The van der Waals surface area contributed by atoms with Crippen molar-refractivity contribution in [1.29, 1.82) is 0 Å². The van der Waals surface area contributed by atoms with Crippen LogP contribution >= 0.6 is 11.3 Å². The van der Waals surface area contributed by atoms with Crippen molar-refractivity contribution in [2.75, 3.05) is 13.1 Å². The largest absolute Gasteiger partial charge is 0.481 e. The van der Waals surface area contributed by atoms with E-state index in [1.807, 2.05) is 18.2 Å². The molecule has 2 aromatic heterocycles. The number of carboxylic acid groups (broad SMARTS) is 1. The maximum Gasteiger partial charge on any atom is 0.306 e. The van der Waals surface area contributed by atoms with Crippen LogP contribution in [0.4, 0.5) is 0 Å². The maximum absolute atomic E-state index is 12.6. The van der Waals surface area contributed by atoms with E-state index in [1.165, 1.54) is 11.3 Å². The molecule has 1 aliphatic heterocycles. The molecule has 0 aliphatic carbocycles. The molecule has 3 heterocycles. The number of aromatic nitrogens is 3. The number of piperidine rings is 1. The summed E-state index contributed by atoms with van der Waals surface area (Å²) in [5.74, 6) is -0.370. The lowest BCUT2D eigenvalue weighted by molar-refractivity contribution is -0.143. The van der Waals surface area contributed by atoms with Crippen molar-refractivity contribution in [3.8, 4) is 0 Å². The minimum atomic E-state index is -0.769. The fraction of sp³-hybridized carbons (Fsp3) is 0.538. The van der Waals surface area contributed by atoms with E-state index in [2.05, 4.69) is 10.2 Å². The molecule has 0 atom stereocenters. The van der Waals surface area contributed by atoms with E-state index >= 15 is 0 Å². The monoisotopic (exact) mass is 308 g/mol. The Morgan fingerprint density at radius 2 is 1.90 bits per heavy atom. The summed E-state index contributed by atoms with van der Waals surface area (Å²) >= 11 is 1.34. The summed E-state index contributed by atoms with van der Waals surface area (Å²) < 4.78 is 1.88. The molecule has 8 heteroatoms. The van der Waals surface area contributed by atoms with Crippen LogP contribution in [-0.2, 0) is 4.79 Å². The number of carbonyl (C=O) groups is 2. The van der Waals surface area contributed by atoms with Gasteiger partial charge in [0, 0.05) is 18.8 Å². The first-order valence-corrected chi connectivity index (χ1v) is 7.64. The fourth-order valence-corrected chi connectivity index (χ4v) is 3.81. The van der Waals surface area contributed by atoms with Crippen LogP contribution in [-0.4, -0.2) is 49.6 Å². The molecule has 1 fully saturated rings. The third-order valence-electron chi connectivity index (χ3n) is 3.98. The average molecular weight is 308 g/mol. The number of hydrogen-bond donors (Lipinski definition) is 1. The SMILES string of the molecule is Cc1nnc2sc(C(=O)N3CCC(C(=O)O)CC3)c(C)n12. The van der Waals surface area contributed by atoms with Gasteiger partial charge < -0.3 is 10.0 Å². The van der Waals surface area contributed by atoms with Gasteiger partial charge in [0.1, 0.15) is 10.7 Å². The zero-order valence-corrected chi connectivity index (χ0v) is 12.7. The summed E-state index contributed by atoms with van der Waals surface area (Å²) in [6.45, 7) is 4.72. The number of nitrogens with zero attached hydrogens (tertiary/aromatic N) is 4. The van der Waals surface area contributed by atoms with Crippen molar-refractivity contribution < 1.29 is 14.7 Å². The van der Waals surface area contributed by atoms with Gasteiger partial charge in [-0.05, 0) is 26.7 Å². The highest BCUT2D eigenvalue weighted by Gasteiger charge is 2.29. The normalized spacial score (nSPS) is 16.6. The maximum atomic E-state index is 12.6. The second-order valence-corrected chi connectivity index (χ2v) is 6.26. The van der Waals surface area contributed by atoms with Crippen molar-refractivity contribution >= 4 is 28.2 Å². The molecule has 1 amide bonds. The van der Waals surface area contributed by atoms with Gasteiger partial charge in [-0.3, -0.25) is 14.0 Å². The predicted octanol–water partition coefficient (Wildman–Crippen LogP) is 1.34. The number of carbonyl (C=O) groups excluding carboxylic acids is 1. The first-order valence-electron chi connectivity index (χ1n) is 6.82. The molecule has 1 N–H and O–H groups in total. The van der Waals surface area contributed by atoms with Crippen molar-refractivity contribution in [2.45, 2.75) is 26.7 Å². The third-order valence-corrected chi connectivity index (χ3v) is 5.10. The Bertz CT molecular complexity index is 712. The first kappa shape index (κ1) is 14.0. The van der Waals surface area contributed by atoms with Crippen molar-refractivity contribution in [3.63, 3.8) is 0 Å². The van der Waals surface area contributed by atoms with Crippen LogP contribution < -0.4 is 0 Å². The molecule has 2 aromatic rings. The molecule has 0 radical (unpaired) electrons. The van der Waals surface area contributed by atoms with E-state index < -0.39 is 5.97 Å². The lowest BCUT2D eigenvalue weighted by Crippen LogP contribution is -2.40. The Labute approximate surface area is 125 Å². The summed E-state index contributed by atoms with van der Waals surface area (Å²) in [5.41, 5.74) is 0.850. The van der Waals surface area contributed by atoms with Crippen molar-refractivity contribution in [1.82, 2.24) is 19.5 Å². The third kappa shape index (κ3) is 2.29. The smallest absolute Gasteiger partial charge is 0.306 e. The number of rotatable bonds is 2. The summed E-state index contributed by atoms with van der Waals surface area (Å²) in [7, 11) is 0. The van der Waals surface area contributed by atoms with Gasteiger partial charge in [-0.25, -0.2) is 0 Å². The van der Waals surface area contributed by atoms with E-state index in [0.29, 0.717) is 35.8 Å². The minimum Gasteiger partial charge on any atom is -0.481 e. The highest BCUT2D eigenvalue weighted by atomic mass is 32.1. The zero-order chi connectivity index (χ0) is 15.1. The number of aliphatic carboxylic acids is 1. The van der Waals surface area contributed by atoms with E-state index in [4.69, 9.17) is 5.11 Å². The van der Waals surface area contributed by atoms with Crippen LogP contribution in [0.25, 0.3) is 4.96 Å². The van der Waals surface area contributed by atoms with E-state index in [-0.39, 0.29) is 11.8 Å². The van der Waals surface area contributed by atoms with Crippen LogP contribution in [0.2, 0.25) is 0 Å². The molecule has 3 rings (SSSR count). The quantitative estimate of drug-likeness (QED) is 0.904. The molecule has 0 aromatic carbocycles. The van der Waals surface area contributed by atoms with Gasteiger partial charge in [-0.2, -0.15) is 0 Å². The lowest BCUT2D eigenvalue weighted by Gasteiger charge is -2.29. The Kier molecular flexibility index (Phi) is 3.40. The molecule has 1 aliphatic rings. The Hall–Kier alpha value is -1.96. The molecule has 0 saturated carbocycles. The standard InChI is InChI=1S/C13H16N4O3S/c1-7-10(21-13-15-14-8(2)17(7)13)11(18)16-5-3-9(4-6-16)12(19)20/h9H,3-6H2,1-2H3,(H,19,20). The van der Waals surface area contributed by atoms with E-state index in [1.54, 1.807) is 4.90 Å². The summed E-state index contributed by atoms with van der Waals surface area (Å²) in [4.78, 5) is 26.7. The van der Waals surface area contributed by atoms with Gasteiger partial charge in [0.25, 0.3) is 5.91 Å². The van der Waals surface area contributed by atoms with Crippen LogP contribution in [0.15, 0.2) is 0 Å². The second kappa shape index (κ2) is 5.10. The van der Waals surface area contributed by atoms with Gasteiger partial charge in [0.15, 0.2) is 0 Å². The molecule has 21 heavy (non-hydrogen) atoms. The van der Waals surface area contributed by atoms with Crippen molar-refractivity contribution in [3.05, 3.63) is 16.4 Å². The van der Waals surface area contributed by atoms with Crippen molar-refractivity contribution in [2.24, 2.45) is 5.92 Å². The highest BCUT2D eigenvalue weighted by Crippen LogP contribution is 2.26. The van der Waals surface area contributed by atoms with Gasteiger partial charge in [0.2, 0.25) is 4.96 Å². The summed E-state index contributed by atoms with van der Waals surface area (Å²) in [6.07, 6.45) is 1.03. The number of carboxylic acids is 1. The number of fused-ring (bicyclic) bond motifs is 1. The summed E-state index contributed by atoms with van der Waals surface area (Å²) in [5, 5.41) is 17.0. The van der Waals surface area contributed by atoms with E-state index in [0.717, 1.165) is 11.5 Å². The second-order valence-electron chi connectivity index (χ2n) is 5.29. The molecular formula is C13H16N4O3S. The van der Waals surface area contributed by atoms with E-state index in [9.17, 15) is 9.59 Å². The fourth-order valence-electron chi connectivity index (χ4n) is 2.73. The Morgan fingerprint density at radius 1 is 1.24 bits per heavy atom. The molecule has 0 unspecified atom stereocenters. The summed E-state index contributed by atoms with van der Waals surface area (Å²) in [6, 6.07) is 0.